The second-order valence-electron chi connectivity index (χ2n) is 13.7. The van der Waals surface area contributed by atoms with E-state index in [0.29, 0.717) is 0 Å². The van der Waals surface area contributed by atoms with Crippen LogP contribution in [0.5, 0.6) is 5.75 Å². The number of benzene rings is 1. The van der Waals surface area contributed by atoms with Crippen LogP contribution < -0.4 is 15.4 Å². The van der Waals surface area contributed by atoms with Crippen LogP contribution in [0.1, 0.15) is 13.8 Å². The molecule has 26 nitrogen and oxygen atoms in total. The first-order valence-electron chi connectivity index (χ1n) is 18.0. The first-order valence-corrected chi connectivity index (χ1v) is 18.0. The van der Waals surface area contributed by atoms with E-state index >= 15 is 0 Å². The summed E-state index contributed by atoms with van der Waals surface area (Å²) in [5, 5.41) is 143. The number of rotatable bonds is 16. The van der Waals surface area contributed by atoms with E-state index in [1.807, 2.05) is 0 Å². The number of ether oxygens (including phenoxy) is 6. The lowest BCUT2D eigenvalue weighted by molar-refractivity contribution is -0.386. The van der Waals surface area contributed by atoms with Crippen molar-refractivity contribution in [2.75, 3.05) is 33.0 Å². The zero-order valence-corrected chi connectivity index (χ0v) is 31.6. The minimum atomic E-state index is -1.73. The van der Waals surface area contributed by atoms with Crippen LogP contribution in [0.3, 0.4) is 0 Å². The molecule has 0 unspecified atom stereocenters. The number of nitrogens with zero attached hydrogens (tertiary/aromatic N) is 1. The number of carbonyl (C=O) groups is 2. The Morgan fingerprint density at radius 1 is 0.746 bits per heavy atom. The normalized spacial score (nSPS) is 36.2. The molecular formula is C33H53N3O23. The van der Waals surface area contributed by atoms with Gasteiger partial charge in [-0.2, -0.15) is 0 Å². The molecule has 0 saturated carbocycles. The van der Waals surface area contributed by atoms with Crippen molar-refractivity contribution in [3.63, 3.8) is 0 Å². The molecule has 3 heterocycles. The maximum absolute atomic E-state index is 11.5. The van der Waals surface area contributed by atoms with Crippen molar-refractivity contribution in [2.45, 2.75) is 124 Å². The molecule has 3 saturated heterocycles. The summed E-state index contributed by atoms with van der Waals surface area (Å²) >= 11 is 0. The largest absolute Gasteiger partial charge is 0.478 e. The van der Waals surface area contributed by atoms with Gasteiger partial charge in [-0.25, -0.2) is 0 Å². The molecule has 0 bridgehead atoms. The molecule has 1 aromatic rings. The first kappa shape index (κ1) is 50.0. The molecule has 15 N–H and O–H groups in total. The third kappa shape index (κ3) is 12.8. The van der Waals surface area contributed by atoms with Crippen molar-refractivity contribution < 1.29 is 109 Å². The van der Waals surface area contributed by atoms with E-state index in [1.54, 1.807) is 0 Å². The Bertz CT molecular complexity index is 1480. The van der Waals surface area contributed by atoms with Gasteiger partial charge in [0.2, 0.25) is 11.8 Å². The van der Waals surface area contributed by atoms with Crippen LogP contribution in [0.25, 0.3) is 0 Å². The van der Waals surface area contributed by atoms with Gasteiger partial charge < -0.3 is 105 Å². The molecule has 0 radical (unpaired) electrons. The summed E-state index contributed by atoms with van der Waals surface area (Å²) in [5.41, 5.74) is -0.421. The number of carbonyl (C=O) groups excluding carboxylic acids is 2. The van der Waals surface area contributed by atoms with Crippen LogP contribution in [0, 0.1) is 10.1 Å². The van der Waals surface area contributed by atoms with Gasteiger partial charge in [0.15, 0.2) is 30.7 Å². The third-order valence-electron chi connectivity index (χ3n) is 9.36. The van der Waals surface area contributed by atoms with Gasteiger partial charge in [0.25, 0.3) is 0 Å². The number of hydrogen-bond acceptors (Lipinski definition) is 23. The SMILES string of the molecule is CC(=O)N[C@@H]1[C@@H](O)[C@H](Oc2ccccc2[N+](=O)[O-])[C@@H](CO[C@@H]2O[C@H](CO)[C@H](O)[C@H](O)[C@H]2O)O[C@H]1O.CC(=O)N[C@H]1[C@H](O[C@H](CO)[C@@H](O)[C@@H](O)CO)O[C@H](CO)[C@@H](O)[C@@H]1O. The van der Waals surface area contributed by atoms with Crippen molar-refractivity contribution in [3.05, 3.63) is 34.4 Å². The predicted octanol–water partition coefficient (Wildman–Crippen LogP) is -8.24. The molecule has 2 amide bonds. The summed E-state index contributed by atoms with van der Waals surface area (Å²) in [4.78, 5) is 33.5. The zero-order chi connectivity index (χ0) is 44.3. The molecule has 59 heavy (non-hydrogen) atoms. The van der Waals surface area contributed by atoms with E-state index < -0.39 is 166 Å². The first-order chi connectivity index (χ1) is 27.8. The molecule has 3 aliphatic rings. The van der Waals surface area contributed by atoms with E-state index in [1.165, 1.54) is 24.3 Å². The monoisotopic (exact) mass is 859 g/mol. The number of nitrogens with one attached hydrogen (secondary N) is 2. The van der Waals surface area contributed by atoms with Gasteiger partial charge in [0.1, 0.15) is 85.3 Å². The second kappa shape index (κ2) is 23.0. The zero-order valence-electron chi connectivity index (χ0n) is 31.6. The smallest absolute Gasteiger partial charge is 0.310 e. The molecule has 3 aliphatic heterocycles. The lowest BCUT2D eigenvalue weighted by atomic mass is 9.96. The number of aliphatic hydroxyl groups is 13. The highest BCUT2D eigenvalue weighted by atomic mass is 16.7. The lowest BCUT2D eigenvalue weighted by Gasteiger charge is -2.44. The van der Waals surface area contributed by atoms with E-state index in [2.05, 4.69) is 10.6 Å². The Labute approximate surface area is 334 Å². The Morgan fingerprint density at radius 3 is 1.85 bits per heavy atom. The van der Waals surface area contributed by atoms with Gasteiger partial charge in [0, 0.05) is 19.9 Å². The highest BCUT2D eigenvalue weighted by Gasteiger charge is 2.50. The fourth-order valence-corrected chi connectivity index (χ4v) is 6.20. The second-order valence-corrected chi connectivity index (χ2v) is 13.7. The fourth-order valence-electron chi connectivity index (χ4n) is 6.20. The highest BCUT2D eigenvalue weighted by Crippen LogP contribution is 2.32. The van der Waals surface area contributed by atoms with Gasteiger partial charge in [-0.1, -0.05) is 12.1 Å². The fraction of sp³-hybridized carbons (Fsp3) is 0.758. The summed E-state index contributed by atoms with van der Waals surface area (Å²) in [5.74, 6) is -1.40. The molecular weight excluding hydrogens is 806 g/mol. The van der Waals surface area contributed by atoms with Gasteiger partial charge >= 0.3 is 5.69 Å². The van der Waals surface area contributed by atoms with Crippen molar-refractivity contribution in [1.82, 2.24) is 10.6 Å². The van der Waals surface area contributed by atoms with Gasteiger partial charge in [-0.3, -0.25) is 19.7 Å². The third-order valence-corrected chi connectivity index (χ3v) is 9.36. The highest BCUT2D eigenvalue weighted by molar-refractivity contribution is 5.73. The van der Waals surface area contributed by atoms with Crippen LogP contribution in [0.2, 0.25) is 0 Å². The Balaban J connectivity index is 0.000000340. The summed E-state index contributed by atoms with van der Waals surface area (Å²) in [6.07, 6.45) is -24.4. The molecule has 0 aromatic heterocycles. The van der Waals surface area contributed by atoms with Crippen LogP contribution in [0.4, 0.5) is 5.69 Å². The minimum absolute atomic E-state index is 0.235. The summed E-state index contributed by atoms with van der Waals surface area (Å²) in [6, 6.07) is 2.70. The van der Waals surface area contributed by atoms with E-state index in [0.717, 1.165) is 13.8 Å². The summed E-state index contributed by atoms with van der Waals surface area (Å²) in [7, 11) is 0. The standard InChI is InChI=1S/C20H28N2O13.C13H25NO10/c1-8(24)21-13-15(26)18(33-10-5-3-2-4-9(10)22(30)31)12(34-19(13)29)7-32-20-17(28)16(27)14(25)11(6-23)35-20;1-5(18)14-9-12(22)11(21)8(4-17)24-13(9)23-7(3-16)10(20)6(19)2-15/h2-5,11-20,23,25-29H,6-7H2,1H3,(H,21,24);6-13,15-17,19-22H,2-4H2,1H3,(H,14,18)/t11-,12-,13-,14+,15-,16+,17-,18-,19-,20-;6-,7+,8+,9+,10-,11+,12+,13+/m10/s1. The van der Waals surface area contributed by atoms with Crippen LogP contribution >= 0.6 is 0 Å². The van der Waals surface area contributed by atoms with E-state index in [9.17, 15) is 81.0 Å². The topological polar surface area (TPSA) is 420 Å². The predicted molar refractivity (Wildman–Crippen MR) is 188 cm³/mol. The molecule has 26 heteroatoms. The van der Waals surface area contributed by atoms with Crippen LogP contribution in [-0.2, 0) is 33.3 Å². The minimum Gasteiger partial charge on any atom is -0.478 e. The molecule has 4 rings (SSSR count). The van der Waals surface area contributed by atoms with E-state index in [4.69, 9.17) is 33.5 Å². The number of aliphatic hydroxyl groups excluding tert-OH is 13. The maximum atomic E-state index is 11.5. The van der Waals surface area contributed by atoms with Gasteiger partial charge in [-0.05, 0) is 6.07 Å². The van der Waals surface area contributed by atoms with Crippen LogP contribution in [0.15, 0.2) is 24.3 Å². The van der Waals surface area contributed by atoms with Crippen LogP contribution in [-0.4, -0.2) is 226 Å². The molecule has 0 spiro atoms. The quantitative estimate of drug-likeness (QED) is 0.0542. The summed E-state index contributed by atoms with van der Waals surface area (Å²) < 4.78 is 32.4. The van der Waals surface area contributed by atoms with Gasteiger partial charge in [0.05, 0.1) is 38.0 Å². The lowest BCUT2D eigenvalue weighted by Crippen LogP contribution is -2.66. The Hall–Kier alpha value is -3.36. The molecule has 338 valence electrons. The van der Waals surface area contributed by atoms with Crippen molar-refractivity contribution in [1.29, 1.82) is 0 Å². The average Bonchev–Trinajstić information content (AvgIpc) is 3.20. The average molecular weight is 860 g/mol. The molecule has 1 aromatic carbocycles. The number of nitro groups is 1. The summed E-state index contributed by atoms with van der Waals surface area (Å²) in [6.45, 7) is -1.15. The van der Waals surface area contributed by atoms with E-state index in [-0.39, 0.29) is 5.75 Å². The Kier molecular flexibility index (Phi) is 19.5. The number of para-hydroxylation sites is 2. The number of hydrogen-bond donors (Lipinski definition) is 15. The number of nitro benzene ring substituents is 1. The number of amides is 2. The maximum Gasteiger partial charge on any atom is 0.310 e. The van der Waals surface area contributed by atoms with Crippen molar-refractivity contribution in [3.8, 4) is 5.75 Å². The van der Waals surface area contributed by atoms with Crippen molar-refractivity contribution >= 4 is 17.5 Å². The van der Waals surface area contributed by atoms with Gasteiger partial charge in [-0.15, -0.1) is 0 Å². The molecule has 0 aliphatic carbocycles. The molecule has 18 atom stereocenters. The Morgan fingerprint density at radius 2 is 1.31 bits per heavy atom. The van der Waals surface area contributed by atoms with Crippen molar-refractivity contribution in [2.24, 2.45) is 0 Å². The molecule has 3 fully saturated rings.